The number of allylic oxidation sites excluding steroid dienone is 1. The molecular formula is C12H15N. The van der Waals surface area contributed by atoms with E-state index in [9.17, 15) is 0 Å². The average molecular weight is 173 g/mol. The number of hydrogen-bond donors (Lipinski definition) is 0. The lowest BCUT2D eigenvalue weighted by atomic mass is 10.1. The molecule has 0 aliphatic heterocycles. The molecule has 0 aliphatic carbocycles. The van der Waals surface area contributed by atoms with Crippen molar-refractivity contribution in [3.05, 3.63) is 41.5 Å². The molecule has 1 aromatic rings. The first kappa shape index (κ1) is 9.72. The first-order chi connectivity index (χ1) is 6.27. The van der Waals surface area contributed by atoms with Crippen LogP contribution in [-0.4, -0.2) is 6.21 Å². The van der Waals surface area contributed by atoms with Crippen LogP contribution >= 0.6 is 0 Å². The van der Waals surface area contributed by atoms with Gasteiger partial charge in [-0.2, -0.15) is 0 Å². The van der Waals surface area contributed by atoms with E-state index in [0.717, 1.165) is 5.70 Å². The van der Waals surface area contributed by atoms with Crippen LogP contribution in [0.5, 0.6) is 0 Å². The lowest BCUT2D eigenvalue weighted by molar-refractivity contribution is 1.42. The van der Waals surface area contributed by atoms with Gasteiger partial charge in [-0.05, 0) is 26.3 Å². The number of benzene rings is 1. The summed E-state index contributed by atoms with van der Waals surface area (Å²) in [5.41, 5.74) is 3.48. The van der Waals surface area contributed by atoms with Crippen molar-refractivity contribution in [2.75, 3.05) is 0 Å². The van der Waals surface area contributed by atoms with E-state index in [1.165, 1.54) is 11.1 Å². The van der Waals surface area contributed by atoms with E-state index in [1.54, 1.807) is 0 Å². The van der Waals surface area contributed by atoms with Gasteiger partial charge >= 0.3 is 0 Å². The minimum absolute atomic E-state index is 1.03. The molecule has 0 amide bonds. The van der Waals surface area contributed by atoms with E-state index in [0.29, 0.717) is 0 Å². The lowest BCUT2D eigenvalue weighted by Gasteiger charge is -2.01. The Morgan fingerprint density at radius 3 is 2.23 bits per heavy atom. The van der Waals surface area contributed by atoms with Gasteiger partial charge in [0.25, 0.3) is 0 Å². The Morgan fingerprint density at radius 1 is 1.15 bits per heavy atom. The highest BCUT2D eigenvalue weighted by molar-refractivity contribution is 5.72. The Balaban J connectivity index is 3.00. The Kier molecular flexibility index (Phi) is 3.44. The largest absolute Gasteiger partial charge is 0.261 e. The number of aliphatic imine (C=N–C) groups is 1. The highest BCUT2D eigenvalue weighted by Crippen LogP contribution is 2.15. The molecule has 0 fully saturated rings. The van der Waals surface area contributed by atoms with E-state index in [4.69, 9.17) is 0 Å². The molecule has 68 valence electrons. The molecule has 0 saturated heterocycles. The van der Waals surface area contributed by atoms with Gasteiger partial charge in [0.15, 0.2) is 0 Å². The van der Waals surface area contributed by atoms with Gasteiger partial charge < -0.3 is 0 Å². The zero-order chi connectivity index (χ0) is 9.68. The minimum atomic E-state index is 1.03. The van der Waals surface area contributed by atoms with Crippen LogP contribution in [0.15, 0.2) is 35.3 Å². The van der Waals surface area contributed by atoms with Gasteiger partial charge in [-0.25, -0.2) is 0 Å². The molecule has 0 unspecified atom stereocenters. The van der Waals surface area contributed by atoms with Crippen molar-refractivity contribution in [3.8, 4) is 0 Å². The standard InChI is InChI=1S/C12H15N/c1-4-12(13-5-2)11-8-6-10(3)7-9-11/h4-9H,1-3H3/b12-4-,13-5?. The molecule has 0 spiro atoms. The van der Waals surface area contributed by atoms with Gasteiger partial charge in [-0.15, -0.1) is 0 Å². The van der Waals surface area contributed by atoms with Crippen LogP contribution in [0.3, 0.4) is 0 Å². The fourth-order valence-electron chi connectivity index (χ4n) is 1.18. The van der Waals surface area contributed by atoms with Crippen molar-refractivity contribution in [2.24, 2.45) is 4.99 Å². The quantitative estimate of drug-likeness (QED) is 0.607. The van der Waals surface area contributed by atoms with Gasteiger partial charge in [0, 0.05) is 6.21 Å². The monoisotopic (exact) mass is 173 g/mol. The molecule has 0 N–H and O–H groups in total. The smallest absolute Gasteiger partial charge is 0.0655 e. The number of nitrogens with zero attached hydrogens (tertiary/aromatic N) is 1. The normalized spacial score (nSPS) is 12.4. The Morgan fingerprint density at radius 2 is 1.77 bits per heavy atom. The van der Waals surface area contributed by atoms with Gasteiger partial charge in [-0.3, -0.25) is 4.99 Å². The summed E-state index contributed by atoms with van der Waals surface area (Å²) >= 11 is 0. The summed E-state index contributed by atoms with van der Waals surface area (Å²) in [5, 5.41) is 0. The summed E-state index contributed by atoms with van der Waals surface area (Å²) in [6, 6.07) is 8.39. The number of rotatable bonds is 2. The fourth-order valence-corrected chi connectivity index (χ4v) is 1.18. The van der Waals surface area contributed by atoms with Crippen molar-refractivity contribution in [2.45, 2.75) is 20.8 Å². The molecule has 1 rings (SSSR count). The second kappa shape index (κ2) is 4.61. The van der Waals surface area contributed by atoms with Crippen LogP contribution in [0.25, 0.3) is 5.70 Å². The molecule has 13 heavy (non-hydrogen) atoms. The average Bonchev–Trinajstić information content (AvgIpc) is 2.16. The molecule has 0 aliphatic rings. The first-order valence-electron chi connectivity index (χ1n) is 4.50. The first-order valence-corrected chi connectivity index (χ1v) is 4.50. The van der Waals surface area contributed by atoms with Crippen molar-refractivity contribution in [1.82, 2.24) is 0 Å². The van der Waals surface area contributed by atoms with Gasteiger partial charge in [0.05, 0.1) is 5.70 Å². The minimum Gasteiger partial charge on any atom is -0.261 e. The molecule has 1 heteroatoms. The maximum Gasteiger partial charge on any atom is 0.0655 e. The van der Waals surface area contributed by atoms with Gasteiger partial charge in [-0.1, -0.05) is 35.9 Å². The van der Waals surface area contributed by atoms with Crippen molar-refractivity contribution >= 4 is 11.9 Å². The molecule has 0 aromatic heterocycles. The van der Waals surface area contributed by atoms with Crippen LogP contribution in [0.2, 0.25) is 0 Å². The van der Waals surface area contributed by atoms with Crippen molar-refractivity contribution < 1.29 is 0 Å². The maximum absolute atomic E-state index is 4.28. The molecule has 0 saturated carbocycles. The molecule has 0 bridgehead atoms. The van der Waals surface area contributed by atoms with Crippen LogP contribution in [0.1, 0.15) is 25.0 Å². The molecule has 0 heterocycles. The van der Waals surface area contributed by atoms with E-state index in [2.05, 4.69) is 36.2 Å². The fraction of sp³-hybridized carbons (Fsp3) is 0.250. The summed E-state index contributed by atoms with van der Waals surface area (Å²) in [4.78, 5) is 4.28. The van der Waals surface area contributed by atoms with E-state index < -0.39 is 0 Å². The maximum atomic E-state index is 4.28. The van der Waals surface area contributed by atoms with E-state index in [1.807, 2.05) is 26.1 Å². The van der Waals surface area contributed by atoms with Crippen LogP contribution < -0.4 is 0 Å². The summed E-state index contributed by atoms with van der Waals surface area (Å²) in [6.45, 7) is 6.02. The second-order valence-corrected chi connectivity index (χ2v) is 2.93. The Labute approximate surface area is 79.8 Å². The van der Waals surface area contributed by atoms with Crippen molar-refractivity contribution in [1.29, 1.82) is 0 Å². The van der Waals surface area contributed by atoms with Gasteiger partial charge in [0.2, 0.25) is 0 Å². The highest BCUT2D eigenvalue weighted by Gasteiger charge is 1.95. The lowest BCUT2D eigenvalue weighted by Crippen LogP contribution is -1.81. The molecular weight excluding hydrogens is 158 g/mol. The van der Waals surface area contributed by atoms with E-state index in [-0.39, 0.29) is 0 Å². The number of hydrogen-bond acceptors (Lipinski definition) is 1. The second-order valence-electron chi connectivity index (χ2n) is 2.93. The highest BCUT2D eigenvalue weighted by atomic mass is 14.7. The van der Waals surface area contributed by atoms with Crippen LogP contribution in [-0.2, 0) is 0 Å². The zero-order valence-electron chi connectivity index (χ0n) is 8.41. The third-order valence-corrected chi connectivity index (χ3v) is 1.89. The van der Waals surface area contributed by atoms with Crippen molar-refractivity contribution in [3.63, 3.8) is 0 Å². The molecule has 1 nitrogen and oxygen atoms in total. The predicted molar refractivity (Wildman–Crippen MR) is 59.0 cm³/mol. The SMILES string of the molecule is CC=N/C(=C\C)c1ccc(C)cc1. The van der Waals surface area contributed by atoms with E-state index >= 15 is 0 Å². The summed E-state index contributed by atoms with van der Waals surface area (Å²) < 4.78 is 0. The topological polar surface area (TPSA) is 12.4 Å². The molecule has 1 aromatic carbocycles. The zero-order valence-corrected chi connectivity index (χ0v) is 8.41. The van der Waals surface area contributed by atoms with Crippen LogP contribution in [0, 0.1) is 6.92 Å². The summed E-state index contributed by atoms with van der Waals surface area (Å²) in [6.07, 6.45) is 3.83. The predicted octanol–water partition coefficient (Wildman–Crippen LogP) is 3.45. The molecule has 0 radical (unpaired) electrons. The Hall–Kier alpha value is -1.37. The summed E-state index contributed by atoms with van der Waals surface area (Å²) in [7, 11) is 0. The molecule has 0 atom stereocenters. The van der Waals surface area contributed by atoms with Crippen LogP contribution in [0.4, 0.5) is 0 Å². The number of aryl methyl sites for hydroxylation is 1. The third kappa shape index (κ3) is 2.55. The summed E-state index contributed by atoms with van der Waals surface area (Å²) in [5.74, 6) is 0. The van der Waals surface area contributed by atoms with Gasteiger partial charge in [0.1, 0.15) is 0 Å². The Bertz CT molecular complexity index is 317. The third-order valence-electron chi connectivity index (χ3n) is 1.89.